The van der Waals surface area contributed by atoms with E-state index < -0.39 is 5.60 Å². The highest BCUT2D eigenvalue weighted by Crippen LogP contribution is 2.41. The smallest absolute Gasteiger partial charge is 0.227 e. The summed E-state index contributed by atoms with van der Waals surface area (Å²) < 4.78 is 6.44. The highest BCUT2D eigenvalue weighted by atomic mass is 16.5. The van der Waals surface area contributed by atoms with Gasteiger partial charge in [0.2, 0.25) is 11.8 Å². The largest absolute Gasteiger partial charge is 0.486 e. The van der Waals surface area contributed by atoms with Crippen molar-refractivity contribution in [1.82, 2.24) is 9.80 Å². The zero-order valence-corrected chi connectivity index (χ0v) is 20.2. The SMILES string of the molecule is Cc1cc(C)c2c(c1)OC1(CCN(C(=O)C3CC(=O)N(C(C)c4ccccc4)C3)CC1)CC2=O. The minimum absolute atomic E-state index is 0.0340. The van der Waals surface area contributed by atoms with Gasteiger partial charge in [0, 0.05) is 38.9 Å². The summed E-state index contributed by atoms with van der Waals surface area (Å²) >= 11 is 0. The third-order valence-corrected chi connectivity index (χ3v) is 7.78. The first-order valence-electron chi connectivity index (χ1n) is 12.2. The fourth-order valence-electron chi connectivity index (χ4n) is 5.87. The summed E-state index contributed by atoms with van der Waals surface area (Å²) in [4.78, 5) is 42.7. The molecule has 178 valence electrons. The molecule has 2 aromatic rings. The van der Waals surface area contributed by atoms with Crippen molar-refractivity contribution >= 4 is 17.6 Å². The number of likely N-dealkylation sites (tertiary alicyclic amines) is 2. The van der Waals surface area contributed by atoms with Gasteiger partial charge in [0.15, 0.2) is 5.78 Å². The minimum atomic E-state index is -0.541. The van der Waals surface area contributed by atoms with Gasteiger partial charge in [-0.3, -0.25) is 14.4 Å². The van der Waals surface area contributed by atoms with E-state index >= 15 is 0 Å². The van der Waals surface area contributed by atoms with E-state index in [4.69, 9.17) is 4.74 Å². The third-order valence-electron chi connectivity index (χ3n) is 7.78. The predicted molar refractivity (Wildman–Crippen MR) is 129 cm³/mol. The Kier molecular flexibility index (Phi) is 5.70. The van der Waals surface area contributed by atoms with Crippen LogP contribution in [0.1, 0.15) is 65.7 Å². The van der Waals surface area contributed by atoms with E-state index in [1.807, 2.05) is 73.0 Å². The zero-order valence-electron chi connectivity index (χ0n) is 20.2. The van der Waals surface area contributed by atoms with Gasteiger partial charge in [-0.05, 0) is 43.5 Å². The molecule has 6 heteroatoms. The molecule has 0 radical (unpaired) electrons. The van der Waals surface area contributed by atoms with E-state index in [2.05, 4.69) is 0 Å². The highest BCUT2D eigenvalue weighted by Gasteiger charge is 2.46. The lowest BCUT2D eigenvalue weighted by molar-refractivity contribution is -0.139. The second-order valence-electron chi connectivity index (χ2n) is 10.2. The molecule has 6 nitrogen and oxygen atoms in total. The Morgan fingerprint density at radius 3 is 2.50 bits per heavy atom. The van der Waals surface area contributed by atoms with E-state index in [0.29, 0.717) is 50.2 Å². The molecule has 34 heavy (non-hydrogen) atoms. The highest BCUT2D eigenvalue weighted by molar-refractivity contribution is 6.01. The van der Waals surface area contributed by atoms with Crippen LogP contribution < -0.4 is 4.74 Å². The lowest BCUT2D eigenvalue weighted by Gasteiger charge is -2.44. The van der Waals surface area contributed by atoms with E-state index in [9.17, 15) is 14.4 Å². The van der Waals surface area contributed by atoms with Crippen LogP contribution in [0.15, 0.2) is 42.5 Å². The number of piperidine rings is 1. The number of benzene rings is 2. The van der Waals surface area contributed by atoms with Gasteiger partial charge in [0.05, 0.1) is 23.9 Å². The maximum atomic E-state index is 13.3. The van der Waals surface area contributed by atoms with Crippen molar-refractivity contribution in [1.29, 1.82) is 0 Å². The van der Waals surface area contributed by atoms with Crippen molar-refractivity contribution in [3.8, 4) is 5.75 Å². The average molecular weight is 461 g/mol. The van der Waals surface area contributed by atoms with E-state index in [-0.39, 0.29) is 36.0 Å². The van der Waals surface area contributed by atoms with Gasteiger partial charge in [-0.15, -0.1) is 0 Å². The quantitative estimate of drug-likeness (QED) is 0.687. The predicted octanol–water partition coefficient (Wildman–Crippen LogP) is 4.24. The Morgan fingerprint density at radius 1 is 1.09 bits per heavy atom. The Labute approximate surface area is 200 Å². The molecule has 0 aromatic heterocycles. The molecule has 0 bridgehead atoms. The number of Topliss-reactive ketones (excluding diaryl/α,β-unsaturated/α-hetero) is 1. The Hall–Kier alpha value is -3.15. The van der Waals surface area contributed by atoms with Gasteiger partial charge in [-0.1, -0.05) is 36.4 Å². The maximum Gasteiger partial charge on any atom is 0.227 e. The Bertz CT molecular complexity index is 1130. The molecule has 2 unspecified atom stereocenters. The number of rotatable bonds is 3. The van der Waals surface area contributed by atoms with Crippen molar-refractivity contribution in [2.24, 2.45) is 5.92 Å². The summed E-state index contributed by atoms with van der Waals surface area (Å²) in [7, 11) is 0. The molecule has 0 N–H and O–H groups in total. The van der Waals surface area contributed by atoms with Gasteiger partial charge in [0.1, 0.15) is 11.4 Å². The van der Waals surface area contributed by atoms with Crippen LogP contribution >= 0.6 is 0 Å². The standard InChI is InChI=1S/C28H32N2O4/c1-18-13-19(2)26-23(31)16-28(34-24(26)14-18)9-11-29(12-10-28)27(33)22-15-25(32)30(17-22)20(3)21-7-5-4-6-8-21/h4-8,13-14,20,22H,9-12,15-17H2,1-3H3. The molecule has 3 aliphatic heterocycles. The van der Waals surface area contributed by atoms with E-state index in [1.165, 1.54) is 0 Å². The van der Waals surface area contributed by atoms with Crippen LogP contribution in [-0.2, 0) is 9.59 Å². The summed E-state index contributed by atoms with van der Waals surface area (Å²) in [5.41, 5.74) is 3.28. The third kappa shape index (κ3) is 3.99. The van der Waals surface area contributed by atoms with E-state index in [0.717, 1.165) is 16.7 Å². The molecule has 1 spiro atoms. The second-order valence-corrected chi connectivity index (χ2v) is 10.2. The number of carbonyl (C=O) groups is 3. The molecule has 0 saturated carbocycles. The Balaban J connectivity index is 1.24. The van der Waals surface area contributed by atoms with Gasteiger partial charge < -0.3 is 14.5 Å². The first-order chi connectivity index (χ1) is 16.3. The normalized spacial score (nSPS) is 22.5. The number of amides is 2. The van der Waals surface area contributed by atoms with Crippen LogP contribution in [-0.4, -0.2) is 52.6 Å². The molecule has 5 rings (SSSR count). The average Bonchev–Trinajstić information content (AvgIpc) is 3.20. The number of hydrogen-bond donors (Lipinski definition) is 0. The first-order valence-corrected chi connectivity index (χ1v) is 12.2. The van der Waals surface area contributed by atoms with Gasteiger partial charge >= 0.3 is 0 Å². The summed E-state index contributed by atoms with van der Waals surface area (Å²) in [6.07, 6.45) is 1.87. The minimum Gasteiger partial charge on any atom is -0.486 e. The number of carbonyl (C=O) groups excluding carboxylic acids is 3. The topological polar surface area (TPSA) is 66.9 Å². The molecule has 2 atom stereocenters. The summed E-state index contributed by atoms with van der Waals surface area (Å²) in [5, 5.41) is 0. The molecule has 2 amide bonds. The number of ether oxygens (including phenoxy) is 1. The number of fused-ring (bicyclic) bond motifs is 1. The lowest BCUT2D eigenvalue weighted by atomic mass is 9.81. The molecule has 3 heterocycles. The number of hydrogen-bond acceptors (Lipinski definition) is 4. The van der Waals surface area contributed by atoms with Crippen LogP contribution in [0, 0.1) is 19.8 Å². The molecule has 2 aromatic carbocycles. The summed E-state index contributed by atoms with van der Waals surface area (Å²) in [6, 6.07) is 13.9. The Morgan fingerprint density at radius 2 is 1.79 bits per heavy atom. The van der Waals surface area contributed by atoms with Gasteiger partial charge in [-0.2, -0.15) is 0 Å². The molecule has 2 fully saturated rings. The maximum absolute atomic E-state index is 13.3. The van der Waals surface area contributed by atoms with Crippen LogP contribution in [0.3, 0.4) is 0 Å². The fourth-order valence-corrected chi connectivity index (χ4v) is 5.87. The van der Waals surface area contributed by atoms with Crippen molar-refractivity contribution in [2.75, 3.05) is 19.6 Å². The molecule has 0 aliphatic carbocycles. The summed E-state index contributed by atoms with van der Waals surface area (Å²) in [5.74, 6) is 0.575. The van der Waals surface area contributed by atoms with Crippen molar-refractivity contribution in [2.45, 2.75) is 58.1 Å². The fraction of sp³-hybridized carbons (Fsp3) is 0.464. The molecule has 2 saturated heterocycles. The molecule has 3 aliphatic rings. The van der Waals surface area contributed by atoms with Gasteiger partial charge in [0.25, 0.3) is 0 Å². The van der Waals surface area contributed by atoms with Crippen LogP contribution in [0.25, 0.3) is 0 Å². The summed E-state index contributed by atoms with van der Waals surface area (Å²) in [6.45, 7) is 7.53. The van der Waals surface area contributed by atoms with Crippen LogP contribution in [0.5, 0.6) is 5.75 Å². The number of ketones is 1. The lowest BCUT2D eigenvalue weighted by Crippen LogP contribution is -2.53. The van der Waals surface area contributed by atoms with Crippen molar-refractivity contribution in [3.05, 3.63) is 64.7 Å². The van der Waals surface area contributed by atoms with E-state index in [1.54, 1.807) is 0 Å². The monoisotopic (exact) mass is 460 g/mol. The van der Waals surface area contributed by atoms with Crippen LogP contribution in [0.2, 0.25) is 0 Å². The van der Waals surface area contributed by atoms with Crippen molar-refractivity contribution < 1.29 is 19.1 Å². The van der Waals surface area contributed by atoms with Crippen LogP contribution in [0.4, 0.5) is 0 Å². The molecular weight excluding hydrogens is 428 g/mol. The first kappa shape index (κ1) is 22.6. The number of nitrogens with zero attached hydrogens (tertiary/aromatic N) is 2. The molecular formula is C28H32N2O4. The number of aryl methyl sites for hydroxylation is 2. The second kappa shape index (κ2) is 8.57. The zero-order chi connectivity index (χ0) is 24.0. The van der Waals surface area contributed by atoms with Gasteiger partial charge in [-0.25, -0.2) is 0 Å². The van der Waals surface area contributed by atoms with Crippen molar-refractivity contribution in [3.63, 3.8) is 0 Å².